The molecule has 2 aromatic heterocycles. The van der Waals surface area contributed by atoms with Gasteiger partial charge in [0.05, 0.1) is 16.5 Å². The second-order valence-corrected chi connectivity index (χ2v) is 8.99. The smallest absolute Gasteiger partial charge is 0.127 e. The summed E-state index contributed by atoms with van der Waals surface area (Å²) in [5, 5.41) is 5.73. The zero-order chi connectivity index (χ0) is 22.2. The quantitative estimate of drug-likeness (QED) is 0.196. The topological polar surface area (TPSA) is 43.6 Å². The van der Waals surface area contributed by atoms with E-state index in [1.54, 1.807) is 17.7 Å². The van der Waals surface area contributed by atoms with E-state index in [0.29, 0.717) is 0 Å². The van der Waals surface area contributed by atoms with E-state index in [2.05, 4.69) is 88.8 Å². The fourth-order valence-electron chi connectivity index (χ4n) is 4.18. The second-order valence-electron chi connectivity index (χ2n) is 7.76. The molecule has 0 aliphatic carbocycles. The Labute approximate surface area is 215 Å². The van der Waals surface area contributed by atoms with Gasteiger partial charge in [0.1, 0.15) is 6.33 Å². The van der Waals surface area contributed by atoms with Crippen LogP contribution in [0.15, 0.2) is 97.3 Å². The third-order valence-corrected chi connectivity index (χ3v) is 6.57. The van der Waals surface area contributed by atoms with Gasteiger partial charge in [-0.1, -0.05) is 78.9 Å². The van der Waals surface area contributed by atoms with Crippen LogP contribution in [-0.4, -0.2) is 19.7 Å². The van der Waals surface area contributed by atoms with Gasteiger partial charge in [-0.05, 0) is 28.3 Å². The molecular weight excluding hydrogens is 617 g/mol. The van der Waals surface area contributed by atoms with Crippen molar-refractivity contribution < 1.29 is 20.1 Å². The fourth-order valence-corrected chi connectivity index (χ4v) is 5.02. The van der Waals surface area contributed by atoms with Crippen LogP contribution >= 0.6 is 11.3 Å². The minimum atomic E-state index is 0. The molecule has 0 saturated carbocycles. The Balaban J connectivity index is 0.00000241. The molecule has 2 heterocycles. The summed E-state index contributed by atoms with van der Waals surface area (Å²) in [4.78, 5) is 9.22. The molecule has 0 saturated heterocycles. The molecule has 6 aromatic rings. The van der Waals surface area contributed by atoms with Crippen molar-refractivity contribution in [3.63, 3.8) is 0 Å². The molecule has 0 unspecified atom stereocenters. The molecule has 34 heavy (non-hydrogen) atoms. The third-order valence-electron chi connectivity index (χ3n) is 5.63. The summed E-state index contributed by atoms with van der Waals surface area (Å²) in [6, 6.07) is 34.6. The van der Waals surface area contributed by atoms with Gasteiger partial charge < -0.3 is 0 Å². The van der Waals surface area contributed by atoms with Crippen LogP contribution in [0.1, 0.15) is 5.01 Å². The van der Waals surface area contributed by atoms with Gasteiger partial charge in [-0.15, -0.1) is 35.1 Å². The third kappa shape index (κ3) is 4.01. The van der Waals surface area contributed by atoms with Crippen LogP contribution in [0.5, 0.6) is 0 Å². The van der Waals surface area contributed by atoms with Gasteiger partial charge in [0.25, 0.3) is 0 Å². The monoisotopic (exact) mass is 636 g/mol. The zero-order valence-electron chi connectivity index (χ0n) is 18.3. The summed E-state index contributed by atoms with van der Waals surface area (Å²) in [6.45, 7) is 2.02. The maximum absolute atomic E-state index is 4.69. The first-order valence-electron chi connectivity index (χ1n) is 10.7. The van der Waals surface area contributed by atoms with Gasteiger partial charge in [-0.2, -0.15) is 5.10 Å². The Morgan fingerprint density at radius 1 is 0.824 bits per heavy atom. The molecule has 0 aliphatic rings. The van der Waals surface area contributed by atoms with E-state index >= 15 is 0 Å². The maximum Gasteiger partial charge on any atom is 0.127 e. The van der Waals surface area contributed by atoms with Gasteiger partial charge in [0.2, 0.25) is 0 Å². The summed E-state index contributed by atoms with van der Waals surface area (Å²) in [5.41, 5.74) is 7.30. The number of hydrogen-bond donors (Lipinski definition) is 0. The Morgan fingerprint density at radius 3 is 2.12 bits per heavy atom. The van der Waals surface area contributed by atoms with Crippen LogP contribution in [-0.2, 0) is 20.1 Å². The molecule has 167 valence electrons. The van der Waals surface area contributed by atoms with Gasteiger partial charge in [-0.3, -0.25) is 14.6 Å². The SMILES string of the molecule is Cc1nc2c[c-]c(-c3ncnn3-c3c(-c4ccccc4)cccc3-c3ccccc3)cc2s1.[Ir]. The number of fused-ring (bicyclic) bond motifs is 1. The summed E-state index contributed by atoms with van der Waals surface area (Å²) >= 11 is 1.68. The van der Waals surface area contributed by atoms with Crippen LogP contribution in [0.4, 0.5) is 0 Å². The van der Waals surface area contributed by atoms with Crippen molar-refractivity contribution in [3.8, 4) is 39.3 Å². The number of nitrogens with zero attached hydrogens (tertiary/aromatic N) is 4. The average molecular weight is 636 g/mol. The number of hydrogen-bond acceptors (Lipinski definition) is 4. The van der Waals surface area contributed by atoms with Crippen molar-refractivity contribution in [3.05, 3.63) is 108 Å². The molecule has 0 N–H and O–H groups in total. The van der Waals surface area contributed by atoms with E-state index in [0.717, 1.165) is 54.6 Å². The van der Waals surface area contributed by atoms with Crippen LogP contribution in [0, 0.1) is 13.0 Å². The Kier molecular flexibility index (Phi) is 6.20. The molecule has 6 heteroatoms. The average Bonchev–Trinajstić information content (AvgIpc) is 3.50. The molecule has 0 fully saturated rings. The van der Waals surface area contributed by atoms with Crippen LogP contribution < -0.4 is 0 Å². The molecule has 4 nitrogen and oxygen atoms in total. The predicted octanol–water partition coefficient (Wildman–Crippen LogP) is 6.98. The molecule has 0 bridgehead atoms. The Hall–Kier alpha value is -3.44. The minimum Gasteiger partial charge on any atom is -0.290 e. The van der Waals surface area contributed by atoms with E-state index in [1.165, 1.54) is 0 Å². The normalized spacial score (nSPS) is 10.9. The maximum atomic E-state index is 4.69. The first kappa shape index (κ1) is 22.4. The predicted molar refractivity (Wildman–Crippen MR) is 134 cm³/mol. The minimum absolute atomic E-state index is 0. The molecule has 0 atom stereocenters. The van der Waals surface area contributed by atoms with Crippen molar-refractivity contribution in [2.75, 3.05) is 0 Å². The summed E-state index contributed by atoms with van der Waals surface area (Å²) in [7, 11) is 0. The van der Waals surface area contributed by atoms with Crippen molar-refractivity contribution in [1.82, 2.24) is 19.7 Å². The van der Waals surface area contributed by atoms with Gasteiger partial charge in [0, 0.05) is 31.2 Å². The van der Waals surface area contributed by atoms with E-state index in [9.17, 15) is 0 Å². The Bertz CT molecular complexity index is 1510. The van der Waals surface area contributed by atoms with E-state index < -0.39 is 0 Å². The fraction of sp³-hybridized carbons (Fsp3) is 0.0357. The number of aromatic nitrogens is 4. The van der Waals surface area contributed by atoms with Crippen molar-refractivity contribution in [2.45, 2.75) is 6.92 Å². The van der Waals surface area contributed by atoms with E-state index in [4.69, 9.17) is 5.10 Å². The summed E-state index contributed by atoms with van der Waals surface area (Å²) in [6.07, 6.45) is 1.61. The molecule has 0 spiro atoms. The summed E-state index contributed by atoms with van der Waals surface area (Å²) < 4.78 is 3.06. The van der Waals surface area contributed by atoms with Crippen molar-refractivity contribution >= 4 is 21.6 Å². The number of aryl methyl sites for hydroxylation is 1. The van der Waals surface area contributed by atoms with Gasteiger partial charge in [0.15, 0.2) is 0 Å². The zero-order valence-corrected chi connectivity index (χ0v) is 21.5. The van der Waals surface area contributed by atoms with E-state index in [-0.39, 0.29) is 20.1 Å². The van der Waals surface area contributed by atoms with Crippen molar-refractivity contribution in [1.29, 1.82) is 0 Å². The first-order valence-corrected chi connectivity index (χ1v) is 11.5. The van der Waals surface area contributed by atoms with Crippen LogP contribution in [0.3, 0.4) is 0 Å². The number of thiazole rings is 1. The molecule has 1 radical (unpaired) electrons. The summed E-state index contributed by atoms with van der Waals surface area (Å²) in [5.74, 6) is 0.753. The molecule has 4 aromatic carbocycles. The Morgan fingerprint density at radius 2 is 1.47 bits per heavy atom. The standard InChI is InChI=1S/C28H19N4S.Ir/c1-19-31-25-16-15-22(17-26(25)33-19)28-29-18-30-32(28)27-23(20-9-4-2-5-10-20)13-8-14-24(27)21-11-6-3-7-12-21;/h2-14,16-18H,1H3;/q-1;. The van der Waals surface area contributed by atoms with Crippen LogP contribution in [0.25, 0.3) is 49.5 Å². The van der Waals surface area contributed by atoms with Gasteiger partial charge >= 0.3 is 0 Å². The van der Waals surface area contributed by atoms with Crippen molar-refractivity contribution in [2.24, 2.45) is 0 Å². The van der Waals surface area contributed by atoms with Crippen LogP contribution in [0.2, 0.25) is 0 Å². The number of benzene rings is 4. The molecular formula is C28H19IrN4S-. The number of rotatable bonds is 4. The second kappa shape index (κ2) is 9.43. The first-order chi connectivity index (χ1) is 16.3. The number of para-hydroxylation sites is 1. The molecule has 0 amide bonds. The molecule has 0 aliphatic heterocycles. The van der Waals surface area contributed by atoms with E-state index in [1.807, 2.05) is 29.8 Å². The van der Waals surface area contributed by atoms with Gasteiger partial charge in [-0.25, -0.2) is 0 Å². The molecule has 6 rings (SSSR count). The largest absolute Gasteiger partial charge is 0.290 e.